The van der Waals surface area contributed by atoms with Gasteiger partial charge >= 0.3 is 0 Å². The summed E-state index contributed by atoms with van der Waals surface area (Å²) in [5.74, 6) is 0.538. The van der Waals surface area contributed by atoms with E-state index in [1.807, 2.05) is 24.3 Å². The van der Waals surface area contributed by atoms with Crippen molar-refractivity contribution in [3.63, 3.8) is 0 Å². The number of fused-ring (bicyclic) bond motifs is 1. The topological polar surface area (TPSA) is 40.5 Å². The molecule has 2 rings (SSSR count). The van der Waals surface area contributed by atoms with E-state index in [0.29, 0.717) is 10.8 Å². The predicted molar refractivity (Wildman–Crippen MR) is 84.7 cm³/mol. The lowest BCUT2D eigenvalue weighted by molar-refractivity contribution is 0.446. The van der Waals surface area contributed by atoms with Crippen molar-refractivity contribution in [1.29, 1.82) is 0 Å². The van der Waals surface area contributed by atoms with E-state index in [1.165, 1.54) is 0 Å². The second-order valence-electron chi connectivity index (χ2n) is 7.52. The van der Waals surface area contributed by atoms with Gasteiger partial charge in [0.25, 0.3) is 0 Å². The van der Waals surface area contributed by atoms with Crippen LogP contribution in [0.2, 0.25) is 0 Å². The molecular weight excluding hydrogens is 248 g/mol. The zero-order valence-corrected chi connectivity index (χ0v) is 13.2. The fourth-order valence-corrected chi connectivity index (χ4v) is 2.58. The summed E-state index contributed by atoms with van der Waals surface area (Å²) in [6.45, 7) is 12.4. The van der Waals surface area contributed by atoms with E-state index in [2.05, 4.69) is 41.5 Å². The van der Waals surface area contributed by atoms with Crippen LogP contribution >= 0.6 is 0 Å². The molecule has 0 radical (unpaired) electrons. The van der Waals surface area contributed by atoms with E-state index in [-0.39, 0.29) is 22.3 Å². The van der Waals surface area contributed by atoms with Crippen molar-refractivity contribution in [3.8, 4) is 11.5 Å². The zero-order chi connectivity index (χ0) is 15.3. The van der Waals surface area contributed by atoms with E-state index in [4.69, 9.17) is 0 Å². The molecule has 0 heterocycles. The van der Waals surface area contributed by atoms with Gasteiger partial charge in [-0.25, -0.2) is 0 Å². The fourth-order valence-electron chi connectivity index (χ4n) is 2.58. The summed E-state index contributed by atoms with van der Waals surface area (Å²) in [5, 5.41) is 22.4. The summed E-state index contributed by atoms with van der Waals surface area (Å²) in [6.07, 6.45) is 0. The third-order valence-corrected chi connectivity index (χ3v) is 3.76. The smallest absolute Gasteiger partial charge is 0.127 e. The summed E-state index contributed by atoms with van der Waals surface area (Å²) >= 11 is 0. The van der Waals surface area contributed by atoms with Gasteiger partial charge in [0.05, 0.1) is 0 Å². The molecule has 0 amide bonds. The summed E-state index contributed by atoms with van der Waals surface area (Å²) in [7, 11) is 0. The molecule has 0 aliphatic carbocycles. The third kappa shape index (κ3) is 2.35. The Balaban J connectivity index is 2.79. The molecule has 0 fully saturated rings. The minimum absolute atomic E-state index is 0.128. The molecule has 0 aliphatic rings. The molecule has 0 saturated carbocycles. The maximum absolute atomic E-state index is 10.5. The predicted octanol–water partition coefficient (Wildman–Crippen LogP) is 4.85. The van der Waals surface area contributed by atoms with Crippen LogP contribution in [0.4, 0.5) is 0 Å². The molecule has 2 N–H and O–H groups in total. The lowest BCUT2D eigenvalue weighted by Gasteiger charge is -2.24. The van der Waals surface area contributed by atoms with Gasteiger partial charge < -0.3 is 10.2 Å². The van der Waals surface area contributed by atoms with Crippen molar-refractivity contribution in [2.45, 2.75) is 52.4 Å². The van der Waals surface area contributed by atoms with E-state index in [1.54, 1.807) is 0 Å². The van der Waals surface area contributed by atoms with Gasteiger partial charge in [0.2, 0.25) is 0 Å². The first kappa shape index (κ1) is 14.7. The Bertz CT molecular complexity index is 596. The highest BCUT2D eigenvalue weighted by atomic mass is 16.3. The van der Waals surface area contributed by atoms with Crippen LogP contribution in [0.1, 0.15) is 52.7 Å². The molecule has 0 spiro atoms. The van der Waals surface area contributed by atoms with Crippen LogP contribution in [0.5, 0.6) is 11.5 Å². The van der Waals surface area contributed by atoms with Gasteiger partial charge in [-0.05, 0) is 22.0 Å². The average molecular weight is 272 g/mol. The maximum atomic E-state index is 10.5. The summed E-state index contributed by atoms with van der Waals surface area (Å²) in [5.41, 5.74) is 1.54. The Morgan fingerprint density at radius 2 is 0.900 bits per heavy atom. The average Bonchev–Trinajstić information content (AvgIpc) is 2.27. The molecule has 2 aromatic rings. The van der Waals surface area contributed by atoms with Gasteiger partial charge in [-0.3, -0.25) is 0 Å². The molecule has 2 aromatic carbocycles. The molecule has 0 aromatic heterocycles. The van der Waals surface area contributed by atoms with Crippen LogP contribution in [-0.4, -0.2) is 10.2 Å². The Morgan fingerprint density at radius 1 is 0.600 bits per heavy atom. The summed E-state index contributed by atoms with van der Waals surface area (Å²) in [6, 6.07) is 7.62. The number of hydrogen-bond acceptors (Lipinski definition) is 2. The number of rotatable bonds is 0. The van der Waals surface area contributed by atoms with Gasteiger partial charge in [0.15, 0.2) is 0 Å². The first-order valence-corrected chi connectivity index (χ1v) is 7.02. The molecule has 0 bridgehead atoms. The first-order valence-electron chi connectivity index (χ1n) is 7.02. The fraction of sp³-hybridized carbons (Fsp3) is 0.444. The van der Waals surface area contributed by atoms with Gasteiger partial charge in [-0.15, -0.1) is 0 Å². The molecule has 20 heavy (non-hydrogen) atoms. The Morgan fingerprint density at radius 3 is 1.15 bits per heavy atom. The van der Waals surface area contributed by atoms with Gasteiger partial charge in [-0.1, -0.05) is 65.8 Å². The van der Waals surface area contributed by atoms with E-state index in [0.717, 1.165) is 11.1 Å². The number of benzene rings is 2. The molecule has 2 nitrogen and oxygen atoms in total. The van der Waals surface area contributed by atoms with Gasteiger partial charge in [0.1, 0.15) is 11.5 Å². The highest BCUT2D eigenvalue weighted by molar-refractivity contribution is 5.95. The van der Waals surface area contributed by atoms with Crippen LogP contribution in [0.25, 0.3) is 10.8 Å². The Labute approximate surface area is 121 Å². The summed E-state index contributed by atoms with van der Waals surface area (Å²) < 4.78 is 0. The van der Waals surface area contributed by atoms with Crippen molar-refractivity contribution in [1.82, 2.24) is 0 Å². The first-order chi connectivity index (χ1) is 9.03. The zero-order valence-electron chi connectivity index (χ0n) is 13.2. The van der Waals surface area contributed by atoms with Crippen LogP contribution in [-0.2, 0) is 10.8 Å². The SMILES string of the molecule is CC(C)(C)c1ccc2c(O)c(C(C)(C)C)ccc2c1O. The van der Waals surface area contributed by atoms with E-state index >= 15 is 0 Å². The van der Waals surface area contributed by atoms with Gasteiger partial charge in [0, 0.05) is 10.8 Å². The quantitative estimate of drug-likeness (QED) is 0.720. The van der Waals surface area contributed by atoms with Gasteiger partial charge in [-0.2, -0.15) is 0 Å². The molecule has 108 valence electrons. The normalized spacial score (nSPS) is 12.9. The Hall–Kier alpha value is -1.70. The number of phenols is 2. The monoisotopic (exact) mass is 272 g/mol. The Kier molecular flexibility index (Phi) is 3.24. The lowest BCUT2D eigenvalue weighted by atomic mass is 9.82. The highest BCUT2D eigenvalue weighted by Gasteiger charge is 2.23. The van der Waals surface area contributed by atoms with Crippen LogP contribution in [0.15, 0.2) is 24.3 Å². The lowest BCUT2D eigenvalue weighted by Crippen LogP contribution is -2.12. The van der Waals surface area contributed by atoms with Crippen molar-refractivity contribution in [2.24, 2.45) is 0 Å². The van der Waals surface area contributed by atoms with Crippen molar-refractivity contribution in [3.05, 3.63) is 35.4 Å². The minimum atomic E-state index is -0.128. The number of aromatic hydroxyl groups is 2. The second kappa shape index (κ2) is 4.41. The number of hydrogen-bond donors (Lipinski definition) is 2. The van der Waals surface area contributed by atoms with Crippen LogP contribution < -0.4 is 0 Å². The van der Waals surface area contributed by atoms with Crippen LogP contribution in [0, 0.1) is 0 Å². The van der Waals surface area contributed by atoms with Crippen molar-refractivity contribution >= 4 is 10.8 Å². The maximum Gasteiger partial charge on any atom is 0.127 e. The molecule has 0 unspecified atom stereocenters. The molecule has 0 atom stereocenters. The van der Waals surface area contributed by atoms with Crippen molar-refractivity contribution < 1.29 is 10.2 Å². The second-order valence-corrected chi connectivity index (χ2v) is 7.52. The van der Waals surface area contributed by atoms with E-state index < -0.39 is 0 Å². The molecule has 0 saturated heterocycles. The van der Waals surface area contributed by atoms with E-state index in [9.17, 15) is 10.2 Å². The highest BCUT2D eigenvalue weighted by Crippen LogP contribution is 2.42. The standard InChI is InChI=1S/C18H24O2/c1-17(2,3)13-9-7-12-11(15(13)19)8-10-14(16(12)20)18(4,5)6/h7-10,19-20H,1-6H3. The molecule has 0 aliphatic heterocycles. The van der Waals surface area contributed by atoms with Crippen molar-refractivity contribution in [2.75, 3.05) is 0 Å². The summed E-state index contributed by atoms with van der Waals surface area (Å²) in [4.78, 5) is 0. The largest absolute Gasteiger partial charge is 0.507 e. The molecule has 2 heteroatoms. The van der Waals surface area contributed by atoms with Crippen LogP contribution in [0.3, 0.4) is 0 Å². The minimum Gasteiger partial charge on any atom is -0.507 e. The molecular formula is C18H24O2. The third-order valence-electron chi connectivity index (χ3n) is 3.76. The number of phenolic OH excluding ortho intramolecular Hbond substituents is 2.